The number of hydrogen-bond donors (Lipinski definition) is 1. The molecule has 0 aliphatic carbocycles. The smallest absolute Gasteiger partial charge is 0.338 e. The molecule has 0 unspecified atom stereocenters. The van der Waals surface area contributed by atoms with Crippen LogP contribution in [0.3, 0.4) is 0 Å². The minimum absolute atomic E-state index is 0.0646. The van der Waals surface area contributed by atoms with Gasteiger partial charge in [0.1, 0.15) is 6.61 Å². The molecule has 0 saturated heterocycles. The van der Waals surface area contributed by atoms with Gasteiger partial charge in [-0.2, -0.15) is 0 Å². The van der Waals surface area contributed by atoms with Crippen LogP contribution in [-0.2, 0) is 14.3 Å². The Labute approximate surface area is 120 Å². The zero-order valence-corrected chi connectivity index (χ0v) is 12.6. The van der Waals surface area contributed by atoms with Crippen LogP contribution in [0.2, 0.25) is 0 Å². The lowest BCUT2D eigenvalue weighted by Crippen LogP contribution is -2.31. The average Bonchev–Trinajstić information content (AvgIpc) is 2.33. The molecule has 104 valence electrons. The number of methoxy groups -OCH3 is 1. The van der Waals surface area contributed by atoms with E-state index in [2.05, 4.69) is 20.7 Å². The first-order chi connectivity index (χ1) is 8.76. The number of hydrogen-bond acceptors (Lipinski definition) is 5. The normalized spacial score (nSPS) is 10.9. The Bertz CT molecular complexity index is 479. The summed E-state index contributed by atoms with van der Waals surface area (Å²) in [5.41, 5.74) is 5.53. The molecule has 0 fully saturated rings. The Hall–Kier alpha value is -1.56. The minimum Gasteiger partial charge on any atom is -0.469 e. The molecular weight excluding hydrogens is 314 g/mol. The van der Waals surface area contributed by atoms with E-state index in [1.54, 1.807) is 26.0 Å². The van der Waals surface area contributed by atoms with Gasteiger partial charge in [-0.25, -0.2) is 4.79 Å². The zero-order chi connectivity index (χ0) is 14.6. The topological polar surface area (TPSA) is 78.6 Å². The van der Waals surface area contributed by atoms with Crippen molar-refractivity contribution in [2.45, 2.75) is 13.8 Å². The van der Waals surface area contributed by atoms with Gasteiger partial charge in [0, 0.05) is 10.2 Å². The van der Waals surface area contributed by atoms with E-state index in [1.807, 2.05) is 0 Å². The van der Waals surface area contributed by atoms with Crippen LogP contribution >= 0.6 is 15.9 Å². The fraction of sp³-hybridized carbons (Fsp3) is 0.385. The third kappa shape index (κ3) is 4.24. The van der Waals surface area contributed by atoms with Crippen molar-refractivity contribution < 1.29 is 19.1 Å². The summed E-state index contributed by atoms with van der Waals surface area (Å²) >= 11 is 3.24. The number of anilines is 1. The Morgan fingerprint density at radius 3 is 2.47 bits per heavy atom. The Morgan fingerprint density at radius 2 is 1.95 bits per heavy atom. The van der Waals surface area contributed by atoms with Crippen LogP contribution in [0.4, 0.5) is 5.69 Å². The summed E-state index contributed by atoms with van der Waals surface area (Å²) in [6, 6.07) is 4.79. The van der Waals surface area contributed by atoms with E-state index < -0.39 is 17.4 Å². The summed E-state index contributed by atoms with van der Waals surface area (Å²) in [6.07, 6.45) is 0. The SMILES string of the molecule is COC(=O)C(C)(C)COC(=O)c1cc(N)cc(Br)c1. The molecule has 0 spiro atoms. The lowest BCUT2D eigenvalue weighted by molar-refractivity contribution is -0.152. The lowest BCUT2D eigenvalue weighted by atomic mass is 9.95. The van der Waals surface area contributed by atoms with Crippen molar-refractivity contribution in [2.24, 2.45) is 5.41 Å². The van der Waals surface area contributed by atoms with Crippen LogP contribution in [0.15, 0.2) is 22.7 Å². The molecule has 0 aliphatic rings. The van der Waals surface area contributed by atoms with Gasteiger partial charge in [-0.3, -0.25) is 4.79 Å². The van der Waals surface area contributed by atoms with Crippen LogP contribution in [0, 0.1) is 5.41 Å². The predicted octanol–water partition coefficient (Wildman–Crippen LogP) is 2.39. The van der Waals surface area contributed by atoms with Crippen LogP contribution in [0.25, 0.3) is 0 Å². The number of carbonyl (C=O) groups is 2. The van der Waals surface area contributed by atoms with Gasteiger partial charge in [0.05, 0.1) is 18.1 Å². The summed E-state index contributed by atoms with van der Waals surface area (Å²) < 4.78 is 10.4. The van der Waals surface area contributed by atoms with E-state index in [1.165, 1.54) is 13.2 Å². The van der Waals surface area contributed by atoms with Gasteiger partial charge in [-0.1, -0.05) is 15.9 Å². The number of benzene rings is 1. The quantitative estimate of drug-likeness (QED) is 0.677. The number of ether oxygens (including phenoxy) is 2. The van der Waals surface area contributed by atoms with Crippen molar-refractivity contribution in [2.75, 3.05) is 19.5 Å². The third-order valence-corrected chi connectivity index (χ3v) is 2.92. The van der Waals surface area contributed by atoms with Crippen molar-refractivity contribution in [3.63, 3.8) is 0 Å². The molecule has 1 aromatic rings. The maximum absolute atomic E-state index is 11.9. The van der Waals surface area contributed by atoms with E-state index in [-0.39, 0.29) is 6.61 Å². The van der Waals surface area contributed by atoms with E-state index in [0.29, 0.717) is 15.7 Å². The second kappa shape index (κ2) is 6.06. The largest absolute Gasteiger partial charge is 0.469 e. The monoisotopic (exact) mass is 329 g/mol. The molecule has 0 bridgehead atoms. The highest BCUT2D eigenvalue weighted by Gasteiger charge is 2.30. The van der Waals surface area contributed by atoms with Crippen molar-refractivity contribution in [1.82, 2.24) is 0 Å². The molecule has 2 N–H and O–H groups in total. The second-order valence-corrected chi connectivity index (χ2v) is 5.64. The van der Waals surface area contributed by atoms with E-state index in [0.717, 1.165) is 0 Å². The second-order valence-electron chi connectivity index (χ2n) is 4.72. The predicted molar refractivity (Wildman–Crippen MR) is 74.6 cm³/mol. The lowest BCUT2D eigenvalue weighted by Gasteiger charge is -2.20. The van der Waals surface area contributed by atoms with Gasteiger partial charge in [-0.05, 0) is 32.0 Å². The van der Waals surface area contributed by atoms with Crippen LogP contribution in [-0.4, -0.2) is 25.7 Å². The highest BCUT2D eigenvalue weighted by molar-refractivity contribution is 9.10. The number of carbonyl (C=O) groups excluding carboxylic acids is 2. The zero-order valence-electron chi connectivity index (χ0n) is 11.0. The van der Waals surface area contributed by atoms with Crippen molar-refractivity contribution in [1.29, 1.82) is 0 Å². The average molecular weight is 330 g/mol. The molecule has 1 aromatic carbocycles. The van der Waals surface area contributed by atoms with Crippen molar-refractivity contribution >= 4 is 33.6 Å². The van der Waals surface area contributed by atoms with E-state index >= 15 is 0 Å². The fourth-order valence-electron chi connectivity index (χ4n) is 1.39. The standard InChI is InChI=1S/C13H16BrNO4/c1-13(2,12(17)18-3)7-19-11(16)8-4-9(14)6-10(15)5-8/h4-6H,7,15H2,1-3H3. The Kier molecular flexibility index (Phi) is 4.94. The van der Waals surface area contributed by atoms with Crippen LogP contribution in [0.1, 0.15) is 24.2 Å². The Morgan fingerprint density at radius 1 is 1.32 bits per heavy atom. The number of halogens is 1. The summed E-state index contributed by atoms with van der Waals surface area (Å²) in [4.78, 5) is 23.3. The summed E-state index contributed by atoms with van der Waals surface area (Å²) in [5, 5.41) is 0. The number of nitrogens with two attached hydrogens (primary N) is 1. The van der Waals surface area contributed by atoms with Crippen molar-refractivity contribution in [3.8, 4) is 0 Å². The van der Waals surface area contributed by atoms with Crippen LogP contribution < -0.4 is 5.73 Å². The molecule has 0 radical (unpaired) electrons. The van der Waals surface area contributed by atoms with Gasteiger partial charge in [0.25, 0.3) is 0 Å². The van der Waals surface area contributed by atoms with E-state index in [9.17, 15) is 9.59 Å². The molecule has 6 heteroatoms. The molecule has 5 nitrogen and oxygen atoms in total. The number of rotatable bonds is 4. The molecule has 19 heavy (non-hydrogen) atoms. The summed E-state index contributed by atoms with van der Waals surface area (Å²) in [7, 11) is 1.29. The maximum Gasteiger partial charge on any atom is 0.338 e. The molecule has 0 atom stereocenters. The van der Waals surface area contributed by atoms with Gasteiger partial charge in [-0.15, -0.1) is 0 Å². The van der Waals surface area contributed by atoms with Gasteiger partial charge >= 0.3 is 11.9 Å². The first-order valence-electron chi connectivity index (χ1n) is 5.58. The molecule has 0 amide bonds. The van der Waals surface area contributed by atoms with Crippen molar-refractivity contribution in [3.05, 3.63) is 28.2 Å². The number of esters is 2. The molecule has 0 aliphatic heterocycles. The highest BCUT2D eigenvalue weighted by atomic mass is 79.9. The molecule has 1 rings (SSSR count). The van der Waals surface area contributed by atoms with Gasteiger partial charge < -0.3 is 15.2 Å². The third-order valence-electron chi connectivity index (χ3n) is 2.46. The van der Waals surface area contributed by atoms with Gasteiger partial charge in [0.2, 0.25) is 0 Å². The minimum atomic E-state index is -0.887. The van der Waals surface area contributed by atoms with Gasteiger partial charge in [0.15, 0.2) is 0 Å². The number of nitrogen functional groups attached to an aromatic ring is 1. The summed E-state index contributed by atoms with van der Waals surface area (Å²) in [5.74, 6) is -0.973. The van der Waals surface area contributed by atoms with Crippen LogP contribution in [0.5, 0.6) is 0 Å². The molecular formula is C13H16BrNO4. The Balaban J connectivity index is 2.73. The first kappa shape index (κ1) is 15.5. The molecule has 0 heterocycles. The summed E-state index contributed by atoms with van der Waals surface area (Å²) in [6.45, 7) is 3.22. The fourth-order valence-corrected chi connectivity index (χ4v) is 1.91. The molecule has 0 saturated carbocycles. The molecule has 0 aromatic heterocycles. The first-order valence-corrected chi connectivity index (χ1v) is 6.37. The highest BCUT2D eigenvalue weighted by Crippen LogP contribution is 2.21. The maximum atomic E-state index is 11.9. The van der Waals surface area contributed by atoms with E-state index in [4.69, 9.17) is 10.5 Å².